The second kappa shape index (κ2) is 12.3. The summed E-state index contributed by atoms with van der Waals surface area (Å²) in [5.41, 5.74) is 21.5. The van der Waals surface area contributed by atoms with Crippen molar-refractivity contribution in [2.75, 3.05) is 4.90 Å². The highest BCUT2D eigenvalue weighted by molar-refractivity contribution is 7.26. The van der Waals surface area contributed by atoms with Crippen molar-refractivity contribution in [3.8, 4) is 44.5 Å². The first-order valence-corrected chi connectivity index (χ1v) is 21.8. The minimum atomic E-state index is -0.421. The molecule has 0 fully saturated rings. The van der Waals surface area contributed by atoms with E-state index in [1.54, 1.807) is 0 Å². The van der Waals surface area contributed by atoms with E-state index >= 15 is 0 Å². The number of fused-ring (bicyclic) bond motifs is 16. The van der Waals surface area contributed by atoms with Crippen LogP contribution in [0.3, 0.4) is 0 Å². The summed E-state index contributed by atoms with van der Waals surface area (Å²) in [6, 6.07) is 75.4. The second-order valence-electron chi connectivity index (χ2n) is 17.1. The third-order valence-corrected chi connectivity index (χ3v) is 15.1. The van der Waals surface area contributed by atoms with Crippen LogP contribution in [-0.4, -0.2) is 0 Å². The highest BCUT2D eigenvalue weighted by atomic mass is 32.1. The summed E-state index contributed by atoms with van der Waals surface area (Å²) in [6.45, 7) is 4.76. The highest BCUT2D eigenvalue weighted by Gasteiger charge is 2.52. The van der Waals surface area contributed by atoms with Gasteiger partial charge in [-0.05, 0) is 109 Å². The minimum Gasteiger partial charge on any atom is -0.310 e. The maximum Gasteiger partial charge on any atom is 0.0726 e. The van der Waals surface area contributed by atoms with E-state index in [-0.39, 0.29) is 5.41 Å². The molecule has 0 radical (unpaired) electrons. The molecule has 3 aliphatic rings. The van der Waals surface area contributed by atoms with Crippen molar-refractivity contribution in [2.24, 2.45) is 0 Å². The van der Waals surface area contributed by atoms with E-state index in [9.17, 15) is 0 Å². The van der Waals surface area contributed by atoms with Gasteiger partial charge in [-0.25, -0.2) is 0 Å². The van der Waals surface area contributed by atoms with Crippen LogP contribution in [0, 0.1) is 0 Å². The fraction of sp³-hybridized carbons (Fsp3) is 0.0690. The Hall–Kier alpha value is -7.00. The molecule has 10 aromatic rings. The number of hydrogen-bond acceptors (Lipinski definition) is 2. The molecule has 60 heavy (non-hydrogen) atoms. The van der Waals surface area contributed by atoms with Gasteiger partial charge in [0.05, 0.1) is 11.1 Å². The molecule has 0 saturated heterocycles. The van der Waals surface area contributed by atoms with E-state index in [1.165, 1.54) is 104 Å². The summed E-state index contributed by atoms with van der Waals surface area (Å²) >= 11 is 1.89. The third kappa shape index (κ3) is 4.36. The molecule has 0 aliphatic heterocycles. The monoisotopic (exact) mass is 781 g/mol. The van der Waals surface area contributed by atoms with Crippen LogP contribution in [0.25, 0.3) is 64.7 Å². The molecule has 0 bridgehead atoms. The van der Waals surface area contributed by atoms with Crippen molar-refractivity contribution in [3.63, 3.8) is 0 Å². The van der Waals surface area contributed by atoms with E-state index in [1.807, 2.05) is 11.3 Å². The zero-order valence-corrected chi connectivity index (χ0v) is 34.2. The van der Waals surface area contributed by atoms with E-state index in [0.29, 0.717) is 0 Å². The molecule has 0 unspecified atom stereocenters. The van der Waals surface area contributed by atoms with Crippen LogP contribution in [0.1, 0.15) is 47.2 Å². The number of anilines is 3. The molecule has 1 heterocycles. The summed E-state index contributed by atoms with van der Waals surface area (Å²) in [7, 11) is 0. The van der Waals surface area contributed by atoms with Gasteiger partial charge in [0.1, 0.15) is 0 Å². The predicted molar refractivity (Wildman–Crippen MR) is 253 cm³/mol. The van der Waals surface area contributed by atoms with Gasteiger partial charge in [0.25, 0.3) is 0 Å². The highest BCUT2D eigenvalue weighted by Crippen LogP contribution is 2.65. The Bertz CT molecular complexity index is 3370. The fourth-order valence-electron chi connectivity index (χ4n) is 11.3. The number of rotatable bonds is 4. The Morgan fingerprint density at radius 2 is 0.900 bits per heavy atom. The standard InChI is InChI=1S/C58H39NS/c1-57(2)47-22-8-3-15-40(47)43-34-33-38(35-52(43)57)59(37-31-29-36(30-32-37)39-20-13-21-45-44-18-7-12-28-54(44)60-56(39)45)53-27-14-26-51-55(53)46-19-6-11-25-50(46)58(51)48-23-9-4-16-41(48)42-17-5-10-24-49(42)58/h3-35H,1-2H3. The Morgan fingerprint density at radius 3 is 1.63 bits per heavy atom. The Kier molecular flexibility index (Phi) is 6.94. The van der Waals surface area contributed by atoms with E-state index in [0.717, 1.165) is 11.4 Å². The fourth-order valence-corrected chi connectivity index (χ4v) is 12.6. The van der Waals surface area contributed by atoms with Gasteiger partial charge in [-0.3, -0.25) is 0 Å². The molecule has 0 atom stereocenters. The molecule has 0 saturated carbocycles. The lowest BCUT2D eigenvalue weighted by Crippen LogP contribution is -2.26. The third-order valence-electron chi connectivity index (χ3n) is 13.9. The van der Waals surface area contributed by atoms with Crippen LogP contribution in [0.15, 0.2) is 200 Å². The zero-order chi connectivity index (χ0) is 39.7. The number of hydrogen-bond donors (Lipinski definition) is 0. The summed E-state index contributed by atoms with van der Waals surface area (Å²) in [5.74, 6) is 0. The predicted octanol–water partition coefficient (Wildman–Crippen LogP) is 15.8. The Balaban J connectivity index is 1.05. The zero-order valence-electron chi connectivity index (χ0n) is 33.4. The topological polar surface area (TPSA) is 3.24 Å². The number of thiophene rings is 1. The van der Waals surface area contributed by atoms with Crippen LogP contribution in [0.5, 0.6) is 0 Å². The SMILES string of the molecule is CC1(C)c2ccccc2-c2ccc(N(c3ccc(-c4cccc5c4sc4ccccc45)cc3)c3cccc4c3-c3ccccc3C43c4ccccc4-c4ccccc43)cc21. The van der Waals surface area contributed by atoms with Gasteiger partial charge in [0.15, 0.2) is 0 Å². The van der Waals surface area contributed by atoms with Gasteiger partial charge in [0.2, 0.25) is 0 Å². The van der Waals surface area contributed by atoms with Gasteiger partial charge >= 0.3 is 0 Å². The van der Waals surface area contributed by atoms with Crippen LogP contribution < -0.4 is 4.90 Å². The first kappa shape index (κ1) is 33.9. The first-order chi connectivity index (χ1) is 29.5. The average molecular weight is 782 g/mol. The summed E-state index contributed by atoms with van der Waals surface area (Å²) < 4.78 is 2.66. The van der Waals surface area contributed by atoms with Gasteiger partial charge in [-0.15, -0.1) is 11.3 Å². The lowest BCUT2D eigenvalue weighted by Gasteiger charge is -2.32. The molecule has 9 aromatic carbocycles. The molecule has 0 N–H and O–H groups in total. The van der Waals surface area contributed by atoms with Crippen molar-refractivity contribution in [1.29, 1.82) is 0 Å². The molecular formula is C58H39NS. The van der Waals surface area contributed by atoms with Gasteiger partial charge in [0, 0.05) is 42.5 Å². The summed E-state index contributed by atoms with van der Waals surface area (Å²) in [5, 5.41) is 2.65. The van der Waals surface area contributed by atoms with E-state index in [4.69, 9.17) is 0 Å². The molecule has 2 heteroatoms. The smallest absolute Gasteiger partial charge is 0.0726 e. The number of nitrogens with zero attached hydrogens (tertiary/aromatic N) is 1. The molecular weight excluding hydrogens is 743 g/mol. The second-order valence-corrected chi connectivity index (χ2v) is 18.2. The van der Waals surface area contributed by atoms with E-state index in [2.05, 4.69) is 219 Å². The lowest BCUT2D eigenvalue weighted by molar-refractivity contribution is 0.660. The van der Waals surface area contributed by atoms with Crippen LogP contribution in [0.4, 0.5) is 17.1 Å². The molecule has 3 aliphatic carbocycles. The molecule has 0 amide bonds. The summed E-state index contributed by atoms with van der Waals surface area (Å²) in [4.78, 5) is 2.53. The maximum absolute atomic E-state index is 2.53. The van der Waals surface area contributed by atoms with Crippen LogP contribution >= 0.6 is 11.3 Å². The quantitative estimate of drug-likeness (QED) is 0.172. The Labute approximate surface area is 354 Å². The average Bonchev–Trinajstić information content (AvgIpc) is 3.99. The largest absolute Gasteiger partial charge is 0.310 e. The van der Waals surface area contributed by atoms with Gasteiger partial charge in [-0.1, -0.05) is 178 Å². The normalized spacial score (nSPS) is 14.4. The molecule has 1 nitrogen and oxygen atoms in total. The summed E-state index contributed by atoms with van der Waals surface area (Å²) in [6.07, 6.45) is 0. The van der Waals surface area contributed by atoms with Crippen molar-refractivity contribution in [3.05, 3.63) is 234 Å². The van der Waals surface area contributed by atoms with Crippen molar-refractivity contribution in [2.45, 2.75) is 24.7 Å². The van der Waals surface area contributed by atoms with Crippen molar-refractivity contribution >= 4 is 48.6 Å². The first-order valence-electron chi connectivity index (χ1n) is 21.0. The molecule has 282 valence electrons. The molecule has 1 aromatic heterocycles. The maximum atomic E-state index is 2.53. The number of benzene rings is 9. The van der Waals surface area contributed by atoms with Crippen LogP contribution in [-0.2, 0) is 10.8 Å². The van der Waals surface area contributed by atoms with Crippen molar-refractivity contribution in [1.82, 2.24) is 0 Å². The van der Waals surface area contributed by atoms with Gasteiger partial charge < -0.3 is 4.90 Å². The van der Waals surface area contributed by atoms with Crippen molar-refractivity contribution < 1.29 is 0 Å². The Morgan fingerprint density at radius 1 is 0.383 bits per heavy atom. The van der Waals surface area contributed by atoms with E-state index < -0.39 is 5.41 Å². The van der Waals surface area contributed by atoms with Gasteiger partial charge in [-0.2, -0.15) is 0 Å². The lowest BCUT2D eigenvalue weighted by atomic mass is 9.70. The molecule has 1 spiro atoms. The minimum absolute atomic E-state index is 0.132. The van der Waals surface area contributed by atoms with Crippen LogP contribution in [0.2, 0.25) is 0 Å². The molecule has 13 rings (SSSR count).